The van der Waals surface area contributed by atoms with E-state index < -0.39 is 0 Å². The summed E-state index contributed by atoms with van der Waals surface area (Å²) in [5.74, 6) is 0. The number of carbonyl (C=O) groups is 1. The quantitative estimate of drug-likeness (QED) is 0.570. The first kappa shape index (κ1) is 7.54. The molecule has 1 heterocycles. The van der Waals surface area contributed by atoms with E-state index in [9.17, 15) is 4.79 Å². The minimum atomic E-state index is 0.726. The number of amides is 1. The lowest BCUT2D eigenvalue weighted by Crippen LogP contribution is -2.37. The van der Waals surface area contributed by atoms with Gasteiger partial charge in [0.05, 0.1) is 6.67 Å². The molecule has 0 aromatic heterocycles. The molecule has 1 fully saturated rings. The topological polar surface area (TPSA) is 32.3 Å². The Morgan fingerprint density at radius 1 is 1.30 bits per heavy atom. The number of hydrogen-bond acceptors (Lipinski definition) is 2. The van der Waals surface area contributed by atoms with Crippen LogP contribution in [0.2, 0.25) is 0 Å². The van der Waals surface area contributed by atoms with Crippen molar-refractivity contribution in [2.45, 2.75) is 19.3 Å². The average Bonchev–Trinajstić information content (AvgIpc) is 2.03. The molecule has 3 heteroatoms. The summed E-state index contributed by atoms with van der Waals surface area (Å²) in [6.45, 7) is 3.01. The number of hydrogen-bond donors (Lipinski definition) is 1. The summed E-state index contributed by atoms with van der Waals surface area (Å²) in [5.41, 5.74) is 0. The molecule has 1 saturated heterocycles. The van der Waals surface area contributed by atoms with Gasteiger partial charge in [0.2, 0.25) is 6.41 Å². The van der Waals surface area contributed by atoms with Crippen molar-refractivity contribution in [3.05, 3.63) is 0 Å². The molecule has 1 aliphatic heterocycles. The summed E-state index contributed by atoms with van der Waals surface area (Å²) < 4.78 is 0. The first-order valence-corrected chi connectivity index (χ1v) is 3.83. The van der Waals surface area contributed by atoms with Gasteiger partial charge in [-0.05, 0) is 25.9 Å². The van der Waals surface area contributed by atoms with Crippen molar-refractivity contribution in [2.75, 3.05) is 19.8 Å². The lowest BCUT2D eigenvalue weighted by Gasteiger charge is -2.25. The van der Waals surface area contributed by atoms with Gasteiger partial charge in [-0.3, -0.25) is 9.69 Å². The molecule has 0 bridgehead atoms. The monoisotopic (exact) mass is 142 g/mol. The van der Waals surface area contributed by atoms with E-state index in [1.165, 1.54) is 19.3 Å². The standard InChI is InChI=1S/C7H14N2O/c10-7-8-6-9-4-2-1-3-5-9/h7H,1-6H2,(H,8,10). The van der Waals surface area contributed by atoms with Gasteiger partial charge in [0.15, 0.2) is 0 Å². The normalized spacial score (nSPS) is 20.4. The van der Waals surface area contributed by atoms with Crippen molar-refractivity contribution in [1.82, 2.24) is 10.2 Å². The molecule has 0 unspecified atom stereocenters. The fourth-order valence-electron chi connectivity index (χ4n) is 1.28. The highest BCUT2D eigenvalue weighted by Crippen LogP contribution is 2.06. The van der Waals surface area contributed by atoms with Gasteiger partial charge in [0.25, 0.3) is 0 Å². The van der Waals surface area contributed by atoms with Crippen LogP contribution in [0.15, 0.2) is 0 Å². The molecule has 0 aromatic carbocycles. The second-order valence-corrected chi connectivity index (χ2v) is 2.66. The van der Waals surface area contributed by atoms with Gasteiger partial charge in [0, 0.05) is 0 Å². The molecule has 1 rings (SSSR count). The third-order valence-corrected chi connectivity index (χ3v) is 1.85. The Kier molecular flexibility index (Phi) is 3.22. The largest absolute Gasteiger partial charge is 0.346 e. The first-order valence-electron chi connectivity index (χ1n) is 3.83. The summed E-state index contributed by atoms with van der Waals surface area (Å²) in [4.78, 5) is 12.2. The van der Waals surface area contributed by atoms with Crippen LogP contribution in [-0.4, -0.2) is 31.1 Å². The number of likely N-dealkylation sites (tertiary alicyclic amines) is 1. The fraction of sp³-hybridized carbons (Fsp3) is 0.857. The Hall–Kier alpha value is -0.570. The molecular formula is C7H14N2O. The van der Waals surface area contributed by atoms with Crippen LogP contribution in [0, 0.1) is 0 Å². The molecule has 58 valence electrons. The zero-order chi connectivity index (χ0) is 7.23. The molecular weight excluding hydrogens is 128 g/mol. The molecule has 0 spiro atoms. The van der Waals surface area contributed by atoms with Crippen LogP contribution in [0.1, 0.15) is 19.3 Å². The minimum Gasteiger partial charge on any atom is -0.346 e. The van der Waals surface area contributed by atoms with Gasteiger partial charge in [-0.2, -0.15) is 0 Å². The van der Waals surface area contributed by atoms with Gasteiger partial charge >= 0.3 is 0 Å². The molecule has 1 amide bonds. The van der Waals surface area contributed by atoms with Crippen LogP contribution in [-0.2, 0) is 4.79 Å². The number of nitrogens with zero attached hydrogens (tertiary/aromatic N) is 1. The molecule has 0 atom stereocenters. The molecule has 10 heavy (non-hydrogen) atoms. The van der Waals surface area contributed by atoms with E-state index in [0.29, 0.717) is 0 Å². The van der Waals surface area contributed by atoms with Crippen molar-refractivity contribution >= 4 is 6.41 Å². The van der Waals surface area contributed by atoms with Gasteiger partial charge in [0.1, 0.15) is 0 Å². The zero-order valence-electron chi connectivity index (χ0n) is 6.18. The minimum absolute atomic E-state index is 0.726. The molecule has 0 aliphatic carbocycles. The molecule has 1 aliphatic rings. The maximum atomic E-state index is 9.91. The molecule has 0 aromatic rings. The highest BCUT2D eigenvalue weighted by atomic mass is 16.1. The van der Waals surface area contributed by atoms with Crippen LogP contribution in [0.3, 0.4) is 0 Å². The highest BCUT2D eigenvalue weighted by molar-refractivity contribution is 5.45. The van der Waals surface area contributed by atoms with Crippen LogP contribution in [0.25, 0.3) is 0 Å². The predicted octanol–water partition coefficient (Wildman–Crippen LogP) is 0.176. The second-order valence-electron chi connectivity index (χ2n) is 2.66. The Morgan fingerprint density at radius 2 is 2.00 bits per heavy atom. The fourth-order valence-corrected chi connectivity index (χ4v) is 1.28. The van der Waals surface area contributed by atoms with Crippen molar-refractivity contribution in [2.24, 2.45) is 0 Å². The lowest BCUT2D eigenvalue weighted by molar-refractivity contribution is -0.110. The van der Waals surface area contributed by atoms with Crippen molar-refractivity contribution in [3.8, 4) is 0 Å². The Labute approximate surface area is 61.4 Å². The smallest absolute Gasteiger partial charge is 0.208 e. The summed E-state index contributed by atoms with van der Waals surface area (Å²) >= 11 is 0. The zero-order valence-corrected chi connectivity index (χ0v) is 6.18. The first-order chi connectivity index (χ1) is 4.93. The van der Waals surface area contributed by atoms with Crippen LogP contribution in [0.5, 0.6) is 0 Å². The number of nitrogens with one attached hydrogen (secondary N) is 1. The van der Waals surface area contributed by atoms with Crippen LogP contribution in [0.4, 0.5) is 0 Å². The number of rotatable bonds is 3. The van der Waals surface area contributed by atoms with Crippen LogP contribution < -0.4 is 5.32 Å². The highest BCUT2D eigenvalue weighted by Gasteiger charge is 2.07. The number of carbonyl (C=O) groups excluding carboxylic acids is 1. The molecule has 3 nitrogen and oxygen atoms in total. The maximum absolute atomic E-state index is 9.91. The Bertz CT molecular complexity index is 99.8. The van der Waals surface area contributed by atoms with E-state index >= 15 is 0 Å². The van der Waals surface area contributed by atoms with Crippen LogP contribution >= 0.6 is 0 Å². The molecule has 0 saturated carbocycles. The Balaban J connectivity index is 2.07. The van der Waals surface area contributed by atoms with Gasteiger partial charge in [-0.1, -0.05) is 6.42 Å². The van der Waals surface area contributed by atoms with Gasteiger partial charge < -0.3 is 5.32 Å². The second kappa shape index (κ2) is 4.28. The molecule has 0 radical (unpaired) electrons. The van der Waals surface area contributed by atoms with Crippen molar-refractivity contribution in [3.63, 3.8) is 0 Å². The van der Waals surface area contributed by atoms with Crippen molar-refractivity contribution < 1.29 is 4.79 Å². The van der Waals surface area contributed by atoms with E-state index in [1.54, 1.807) is 0 Å². The summed E-state index contributed by atoms with van der Waals surface area (Å²) in [5, 5.41) is 2.66. The van der Waals surface area contributed by atoms with Gasteiger partial charge in [-0.25, -0.2) is 0 Å². The van der Waals surface area contributed by atoms with E-state index in [4.69, 9.17) is 0 Å². The van der Waals surface area contributed by atoms with E-state index in [2.05, 4.69) is 10.2 Å². The lowest BCUT2D eigenvalue weighted by atomic mass is 10.1. The van der Waals surface area contributed by atoms with E-state index in [1.807, 2.05) is 0 Å². The van der Waals surface area contributed by atoms with E-state index in [-0.39, 0.29) is 0 Å². The predicted molar refractivity (Wildman–Crippen MR) is 39.5 cm³/mol. The maximum Gasteiger partial charge on any atom is 0.208 e. The van der Waals surface area contributed by atoms with E-state index in [0.717, 1.165) is 26.2 Å². The molecule has 1 N–H and O–H groups in total. The van der Waals surface area contributed by atoms with Gasteiger partial charge in [-0.15, -0.1) is 0 Å². The summed E-state index contributed by atoms with van der Waals surface area (Å²) in [6, 6.07) is 0. The number of piperidine rings is 1. The third kappa shape index (κ3) is 2.35. The summed E-state index contributed by atoms with van der Waals surface area (Å²) in [6.07, 6.45) is 4.66. The Morgan fingerprint density at radius 3 is 2.60 bits per heavy atom. The SMILES string of the molecule is O=CNCN1CCCCC1. The summed E-state index contributed by atoms with van der Waals surface area (Å²) in [7, 11) is 0. The third-order valence-electron chi connectivity index (χ3n) is 1.85. The average molecular weight is 142 g/mol. The van der Waals surface area contributed by atoms with Crippen molar-refractivity contribution in [1.29, 1.82) is 0 Å².